The van der Waals surface area contributed by atoms with Crippen molar-refractivity contribution in [2.24, 2.45) is 11.8 Å². The normalized spacial score (nSPS) is 24.5. The van der Waals surface area contributed by atoms with Gasteiger partial charge in [0.15, 0.2) is 8.32 Å². The summed E-state index contributed by atoms with van der Waals surface area (Å²) in [6.07, 6.45) is 0.374. The molecule has 1 aliphatic carbocycles. The predicted molar refractivity (Wildman–Crippen MR) is 106 cm³/mol. The van der Waals surface area contributed by atoms with Crippen molar-refractivity contribution in [1.82, 2.24) is 0 Å². The second-order valence-electron chi connectivity index (χ2n) is 9.88. The highest BCUT2D eigenvalue weighted by molar-refractivity contribution is 6.74. The number of methoxy groups -OCH3 is 1. The van der Waals surface area contributed by atoms with Gasteiger partial charge in [-0.05, 0) is 45.3 Å². The zero-order valence-electron chi connectivity index (χ0n) is 18.3. The highest BCUT2D eigenvalue weighted by Gasteiger charge is 2.49. The highest BCUT2D eigenvalue weighted by atomic mass is 28.4. The molecule has 0 bridgehead atoms. The largest absolute Gasteiger partial charge is 0.469 e. The van der Waals surface area contributed by atoms with Crippen molar-refractivity contribution >= 4 is 26.0 Å². The Balaban J connectivity index is 3.20. The lowest BCUT2D eigenvalue weighted by Crippen LogP contribution is -2.52. The highest BCUT2D eigenvalue weighted by Crippen LogP contribution is 2.42. The zero-order valence-corrected chi connectivity index (χ0v) is 19.3. The van der Waals surface area contributed by atoms with Crippen molar-refractivity contribution in [2.45, 2.75) is 90.6 Å². The van der Waals surface area contributed by atoms with Crippen molar-refractivity contribution in [3.8, 4) is 0 Å². The van der Waals surface area contributed by atoms with E-state index in [1.165, 1.54) is 7.11 Å². The zero-order chi connectivity index (χ0) is 21.2. The monoisotopic (exact) mass is 400 g/mol. The van der Waals surface area contributed by atoms with Crippen molar-refractivity contribution in [3.63, 3.8) is 0 Å². The molecule has 0 spiro atoms. The lowest BCUT2D eigenvalue weighted by atomic mass is 9.74. The lowest BCUT2D eigenvalue weighted by Gasteiger charge is -2.44. The van der Waals surface area contributed by atoms with Crippen LogP contribution in [0.2, 0.25) is 18.1 Å². The Kier molecular flexibility index (Phi) is 7.44. The summed E-state index contributed by atoms with van der Waals surface area (Å²) in [5.41, 5.74) is -0.708. The fraction of sp³-hybridized carbons (Fsp3) is 0.850. The summed E-state index contributed by atoms with van der Waals surface area (Å²) in [6.45, 7) is 15.9. The molecule has 1 saturated carbocycles. The molecule has 1 rings (SSSR count). The van der Waals surface area contributed by atoms with Crippen molar-refractivity contribution < 1.29 is 28.3 Å². The first kappa shape index (κ1) is 23.8. The second kappa shape index (κ2) is 8.43. The Morgan fingerprint density at radius 1 is 1.11 bits per heavy atom. The van der Waals surface area contributed by atoms with Crippen LogP contribution in [-0.2, 0) is 28.3 Å². The molecule has 0 amide bonds. The van der Waals surface area contributed by atoms with Gasteiger partial charge in [0.05, 0.1) is 19.6 Å². The summed E-state index contributed by atoms with van der Waals surface area (Å²) < 4.78 is 16.8. The Morgan fingerprint density at radius 3 is 2.11 bits per heavy atom. The molecule has 27 heavy (non-hydrogen) atoms. The molecule has 0 N–H and O–H groups in total. The van der Waals surface area contributed by atoms with Gasteiger partial charge in [-0.2, -0.15) is 0 Å². The molecule has 1 aliphatic rings. The topological polar surface area (TPSA) is 78.9 Å². The Labute approximate surface area is 164 Å². The number of ketones is 1. The maximum absolute atomic E-state index is 12.8. The number of Topliss-reactive ketones (excluding diaryl/α,β-unsaturated/α-hetero) is 1. The fourth-order valence-electron chi connectivity index (χ4n) is 3.01. The molecule has 0 aromatic rings. The Bertz CT molecular complexity index is 570. The standard InChI is InChI=1S/C20H36O6Si/c1-19(2,3)25-18(23)17-13(12-16(22)24-7)15(11-10-14(17)21)26-27(8,9)20(4,5)6/h13,15,17H,10-12H2,1-9H3/t13-,15+,17?/m0/s1. The van der Waals surface area contributed by atoms with Crippen LogP contribution in [0, 0.1) is 11.8 Å². The van der Waals surface area contributed by atoms with E-state index in [1.54, 1.807) is 20.8 Å². The quantitative estimate of drug-likeness (QED) is 0.396. The van der Waals surface area contributed by atoms with Crippen LogP contribution in [0.5, 0.6) is 0 Å². The summed E-state index contributed by atoms with van der Waals surface area (Å²) in [5.74, 6) is -2.78. The average Bonchev–Trinajstić information content (AvgIpc) is 2.46. The van der Waals surface area contributed by atoms with E-state index < -0.39 is 37.7 Å². The predicted octanol–water partition coefficient (Wildman–Crippen LogP) is 3.88. The van der Waals surface area contributed by atoms with Crippen LogP contribution in [0.15, 0.2) is 0 Å². The van der Waals surface area contributed by atoms with Gasteiger partial charge in [0.2, 0.25) is 0 Å². The van der Waals surface area contributed by atoms with E-state index in [-0.39, 0.29) is 29.8 Å². The third-order valence-electron chi connectivity index (χ3n) is 5.47. The van der Waals surface area contributed by atoms with Gasteiger partial charge < -0.3 is 13.9 Å². The van der Waals surface area contributed by atoms with Gasteiger partial charge in [0, 0.05) is 12.3 Å². The molecule has 0 aliphatic heterocycles. The Morgan fingerprint density at radius 2 is 1.67 bits per heavy atom. The van der Waals surface area contributed by atoms with Gasteiger partial charge in [0.1, 0.15) is 17.3 Å². The molecule has 0 aromatic heterocycles. The van der Waals surface area contributed by atoms with Crippen LogP contribution < -0.4 is 0 Å². The molecule has 0 aromatic carbocycles. The lowest BCUT2D eigenvalue weighted by molar-refractivity contribution is -0.169. The summed E-state index contributed by atoms with van der Waals surface area (Å²) >= 11 is 0. The minimum atomic E-state index is -2.14. The Hall–Kier alpha value is -1.21. The van der Waals surface area contributed by atoms with Crippen LogP contribution in [0.3, 0.4) is 0 Å². The smallest absolute Gasteiger partial charge is 0.317 e. The number of hydrogen-bond donors (Lipinski definition) is 0. The number of carbonyl (C=O) groups is 3. The van der Waals surface area contributed by atoms with E-state index in [0.29, 0.717) is 6.42 Å². The van der Waals surface area contributed by atoms with Gasteiger partial charge in [-0.15, -0.1) is 0 Å². The van der Waals surface area contributed by atoms with Crippen molar-refractivity contribution in [3.05, 3.63) is 0 Å². The maximum Gasteiger partial charge on any atom is 0.317 e. The summed E-state index contributed by atoms with van der Waals surface area (Å²) in [7, 11) is -0.839. The van der Waals surface area contributed by atoms with Crippen molar-refractivity contribution in [1.29, 1.82) is 0 Å². The first-order valence-corrected chi connectivity index (χ1v) is 12.5. The maximum atomic E-state index is 12.8. The molecule has 156 valence electrons. The number of hydrogen-bond acceptors (Lipinski definition) is 6. The molecule has 0 heterocycles. The van der Waals surface area contributed by atoms with Gasteiger partial charge in [0.25, 0.3) is 0 Å². The van der Waals surface area contributed by atoms with Crippen LogP contribution in [0.1, 0.15) is 60.8 Å². The molecule has 1 fully saturated rings. The minimum Gasteiger partial charge on any atom is -0.469 e. The molecular weight excluding hydrogens is 364 g/mol. The van der Waals surface area contributed by atoms with E-state index in [4.69, 9.17) is 13.9 Å². The van der Waals surface area contributed by atoms with Crippen LogP contribution >= 0.6 is 0 Å². The van der Waals surface area contributed by atoms with E-state index >= 15 is 0 Å². The number of esters is 2. The van der Waals surface area contributed by atoms with Gasteiger partial charge in [-0.25, -0.2) is 0 Å². The molecule has 7 heteroatoms. The van der Waals surface area contributed by atoms with Gasteiger partial charge in [-0.3, -0.25) is 14.4 Å². The number of ether oxygens (including phenoxy) is 2. The van der Waals surface area contributed by atoms with Crippen LogP contribution in [0.4, 0.5) is 0 Å². The van der Waals surface area contributed by atoms with E-state index in [1.807, 2.05) is 0 Å². The van der Waals surface area contributed by atoms with Crippen LogP contribution in [-0.4, -0.2) is 44.9 Å². The molecular formula is C20H36O6Si. The molecule has 0 radical (unpaired) electrons. The average molecular weight is 401 g/mol. The van der Waals surface area contributed by atoms with E-state index in [2.05, 4.69) is 33.9 Å². The molecule has 6 nitrogen and oxygen atoms in total. The minimum absolute atomic E-state index is 0.0221. The van der Waals surface area contributed by atoms with Crippen molar-refractivity contribution in [2.75, 3.05) is 7.11 Å². The molecule has 3 atom stereocenters. The summed E-state index contributed by atoms with van der Waals surface area (Å²) in [5, 5.41) is -0.0221. The van der Waals surface area contributed by atoms with Gasteiger partial charge >= 0.3 is 11.9 Å². The third kappa shape index (κ3) is 6.42. The first-order chi connectivity index (χ1) is 12.1. The molecule has 0 saturated heterocycles. The van der Waals surface area contributed by atoms with Gasteiger partial charge in [-0.1, -0.05) is 20.8 Å². The van der Waals surface area contributed by atoms with E-state index in [0.717, 1.165) is 0 Å². The number of rotatable bonds is 5. The number of carbonyl (C=O) groups excluding carboxylic acids is 3. The first-order valence-electron chi connectivity index (χ1n) is 9.59. The summed E-state index contributed by atoms with van der Waals surface area (Å²) in [4.78, 5) is 37.4. The third-order valence-corrected chi connectivity index (χ3v) is 9.98. The SMILES string of the molecule is COC(=O)C[C@@H]1C(C(=O)OC(C)(C)C)C(=O)CC[C@H]1O[Si](C)(C)C(C)(C)C. The second-order valence-corrected chi connectivity index (χ2v) is 14.6. The summed E-state index contributed by atoms with van der Waals surface area (Å²) in [6, 6.07) is 0. The molecule has 1 unspecified atom stereocenters. The fourth-order valence-corrected chi connectivity index (χ4v) is 4.41. The van der Waals surface area contributed by atoms with E-state index in [9.17, 15) is 14.4 Å². The van der Waals surface area contributed by atoms with Crippen LogP contribution in [0.25, 0.3) is 0 Å².